The molecule has 14 heteroatoms. The number of rotatable bonds is 14. The number of thiazole rings is 1. The maximum absolute atomic E-state index is 14.2. The van der Waals surface area contributed by atoms with Crippen molar-refractivity contribution in [2.75, 3.05) is 47.3 Å². The van der Waals surface area contributed by atoms with Crippen molar-refractivity contribution in [2.45, 2.75) is 26.8 Å². The predicted molar refractivity (Wildman–Crippen MR) is 174 cm³/mol. The Labute approximate surface area is 276 Å². The average molecular weight is 753 g/mol. The summed E-state index contributed by atoms with van der Waals surface area (Å²) in [5.41, 5.74) is 1.35. The number of carbonyl (C=O) groups is 2. The van der Waals surface area contributed by atoms with Gasteiger partial charge in [-0.2, -0.15) is 0 Å². The molecule has 0 bridgehead atoms. The summed E-state index contributed by atoms with van der Waals surface area (Å²) in [6.45, 7) is 5.66. The molecule has 1 atom stereocenters. The van der Waals surface area contributed by atoms with E-state index < -0.39 is 24.6 Å². The third kappa shape index (κ3) is 7.50. The second kappa shape index (κ2) is 15.4. The van der Waals surface area contributed by atoms with Gasteiger partial charge in [-0.25, -0.2) is 14.6 Å². The highest BCUT2D eigenvalue weighted by Crippen LogP contribution is 2.41. The summed E-state index contributed by atoms with van der Waals surface area (Å²) in [6.07, 6.45) is 1.69. The van der Waals surface area contributed by atoms with E-state index in [-0.39, 0.29) is 24.3 Å². The Morgan fingerprint density at radius 3 is 2.49 bits per heavy atom. The van der Waals surface area contributed by atoms with Crippen LogP contribution in [-0.2, 0) is 19.1 Å². The SMILES string of the molecule is CCOc1cc(/C=c2/sc3n(c2=O)[C@H](c2cccc(OC)c2OCC)C(C(=O)OCCOC)=C(C)N=3)cc(I)c1OCC(=O)O. The molecule has 0 fully saturated rings. The number of aromatic nitrogens is 1. The number of hydrogen-bond acceptors (Lipinski definition) is 11. The van der Waals surface area contributed by atoms with Crippen LogP contribution in [-0.4, -0.2) is 68.9 Å². The van der Waals surface area contributed by atoms with E-state index >= 15 is 0 Å². The second-order valence-electron chi connectivity index (χ2n) is 9.47. The lowest BCUT2D eigenvalue weighted by Gasteiger charge is -2.27. The number of methoxy groups -OCH3 is 2. The summed E-state index contributed by atoms with van der Waals surface area (Å²) in [7, 11) is 3.02. The standard InChI is InChI=1S/C31H33IN2O10S/c1-6-41-22-14-18(13-20(32)28(22)44-16-24(35)36)15-23-29(37)34-26(19-9-8-10-21(40-5)27(19)42-7-2)25(17(3)33-31(34)45-23)30(38)43-12-11-39-4/h8-10,13-15,26H,6-7,11-12,16H2,1-5H3,(H,35,36)/b23-15+/t26-/m1/s1. The zero-order valence-corrected chi connectivity index (χ0v) is 28.4. The van der Waals surface area contributed by atoms with E-state index in [1.54, 1.807) is 50.3 Å². The van der Waals surface area contributed by atoms with Crippen molar-refractivity contribution in [3.63, 3.8) is 0 Å². The Balaban J connectivity index is 1.93. The van der Waals surface area contributed by atoms with Crippen LogP contribution in [0.5, 0.6) is 23.0 Å². The lowest BCUT2D eigenvalue weighted by molar-refractivity contribution is -0.141. The molecule has 1 N–H and O–H groups in total. The molecule has 240 valence electrons. The fraction of sp³-hybridized carbons (Fsp3) is 0.355. The van der Waals surface area contributed by atoms with Crippen molar-refractivity contribution in [3.8, 4) is 23.0 Å². The minimum absolute atomic E-state index is 0.0205. The highest BCUT2D eigenvalue weighted by Gasteiger charge is 2.36. The minimum Gasteiger partial charge on any atom is -0.493 e. The van der Waals surface area contributed by atoms with Crippen LogP contribution in [0.2, 0.25) is 0 Å². The maximum Gasteiger partial charge on any atom is 0.341 e. The first-order chi connectivity index (χ1) is 21.6. The normalized spacial score (nSPS) is 14.4. The van der Waals surface area contributed by atoms with Gasteiger partial charge in [-0.1, -0.05) is 23.5 Å². The van der Waals surface area contributed by atoms with Gasteiger partial charge in [0.25, 0.3) is 5.56 Å². The highest BCUT2D eigenvalue weighted by atomic mass is 127. The topological polar surface area (TPSA) is 144 Å². The molecule has 0 unspecified atom stereocenters. The van der Waals surface area contributed by atoms with E-state index in [0.29, 0.717) is 65.9 Å². The van der Waals surface area contributed by atoms with Crippen molar-refractivity contribution in [1.29, 1.82) is 0 Å². The van der Waals surface area contributed by atoms with Crippen LogP contribution in [0.4, 0.5) is 0 Å². The maximum atomic E-state index is 14.2. The zero-order chi connectivity index (χ0) is 32.7. The number of nitrogens with zero attached hydrogens (tertiary/aromatic N) is 2. The van der Waals surface area contributed by atoms with Gasteiger partial charge in [0.15, 0.2) is 34.4 Å². The Kier molecular flexibility index (Phi) is 11.6. The van der Waals surface area contributed by atoms with Gasteiger partial charge in [0.05, 0.1) is 46.3 Å². The van der Waals surface area contributed by atoms with E-state index in [0.717, 1.165) is 11.3 Å². The van der Waals surface area contributed by atoms with Crippen molar-refractivity contribution in [3.05, 3.63) is 76.0 Å². The summed E-state index contributed by atoms with van der Waals surface area (Å²) in [5, 5.41) is 9.08. The molecule has 0 spiro atoms. The van der Waals surface area contributed by atoms with E-state index in [9.17, 15) is 14.4 Å². The van der Waals surface area contributed by atoms with E-state index in [4.69, 9.17) is 33.5 Å². The number of aliphatic carboxylic acids is 1. The van der Waals surface area contributed by atoms with Crippen molar-refractivity contribution < 1.29 is 43.1 Å². The quantitative estimate of drug-likeness (QED) is 0.148. The smallest absolute Gasteiger partial charge is 0.341 e. The number of halogens is 1. The average Bonchev–Trinajstić information content (AvgIpc) is 3.30. The number of carbonyl (C=O) groups excluding carboxylic acids is 1. The first-order valence-corrected chi connectivity index (χ1v) is 15.8. The lowest BCUT2D eigenvalue weighted by Crippen LogP contribution is -2.40. The number of ether oxygens (including phenoxy) is 6. The van der Waals surface area contributed by atoms with Crippen LogP contribution in [0.1, 0.15) is 37.9 Å². The number of esters is 1. The molecular weight excluding hydrogens is 719 g/mol. The Hall–Kier alpha value is -3.89. The number of benzene rings is 2. The molecule has 12 nitrogen and oxygen atoms in total. The van der Waals surface area contributed by atoms with Crippen molar-refractivity contribution >= 4 is 51.9 Å². The van der Waals surface area contributed by atoms with Gasteiger partial charge < -0.3 is 33.5 Å². The highest BCUT2D eigenvalue weighted by molar-refractivity contribution is 14.1. The number of allylic oxidation sites excluding steroid dienone is 1. The number of fused-ring (bicyclic) bond motifs is 1. The molecule has 2 aromatic carbocycles. The van der Waals surface area contributed by atoms with E-state index in [1.807, 2.05) is 29.5 Å². The largest absolute Gasteiger partial charge is 0.493 e. The summed E-state index contributed by atoms with van der Waals surface area (Å²) in [5.74, 6) is -0.267. The van der Waals surface area contributed by atoms with Gasteiger partial charge in [0.2, 0.25) is 0 Å². The second-order valence-corrected chi connectivity index (χ2v) is 11.6. The monoisotopic (exact) mass is 752 g/mol. The van der Waals surface area contributed by atoms with Crippen LogP contribution in [0.3, 0.4) is 0 Å². The molecule has 0 amide bonds. The molecule has 1 aliphatic heterocycles. The fourth-order valence-corrected chi connectivity index (χ4v) is 6.57. The Morgan fingerprint density at radius 1 is 1.07 bits per heavy atom. The molecular formula is C31H33IN2O10S. The van der Waals surface area contributed by atoms with Crippen LogP contribution in [0.25, 0.3) is 6.08 Å². The number of hydrogen-bond donors (Lipinski definition) is 1. The summed E-state index contributed by atoms with van der Waals surface area (Å²) < 4.78 is 35.7. The van der Waals surface area contributed by atoms with Gasteiger partial charge in [-0.3, -0.25) is 9.36 Å². The molecule has 1 aromatic heterocycles. The van der Waals surface area contributed by atoms with Gasteiger partial charge in [0.1, 0.15) is 12.6 Å². The van der Waals surface area contributed by atoms with Crippen LogP contribution in [0, 0.1) is 3.57 Å². The van der Waals surface area contributed by atoms with Crippen LogP contribution >= 0.6 is 33.9 Å². The molecule has 2 heterocycles. The van der Waals surface area contributed by atoms with Gasteiger partial charge in [0, 0.05) is 12.7 Å². The summed E-state index contributed by atoms with van der Waals surface area (Å²) in [4.78, 5) is 43.8. The molecule has 0 saturated carbocycles. The summed E-state index contributed by atoms with van der Waals surface area (Å²) >= 11 is 3.20. The Morgan fingerprint density at radius 2 is 1.82 bits per heavy atom. The lowest BCUT2D eigenvalue weighted by atomic mass is 9.94. The Bertz CT molecular complexity index is 1800. The van der Waals surface area contributed by atoms with Gasteiger partial charge in [-0.05, 0) is 73.2 Å². The van der Waals surface area contributed by atoms with Crippen LogP contribution in [0.15, 0.2) is 51.4 Å². The number of carboxylic acid groups (broad SMARTS) is 1. The molecule has 3 aromatic rings. The molecule has 0 aliphatic carbocycles. The number of carboxylic acids is 1. The fourth-order valence-electron chi connectivity index (χ4n) is 4.74. The first kappa shape index (κ1) is 34.0. The first-order valence-electron chi connectivity index (χ1n) is 13.9. The molecule has 0 saturated heterocycles. The predicted octanol–water partition coefficient (Wildman–Crippen LogP) is 3.30. The van der Waals surface area contributed by atoms with Gasteiger partial charge in [-0.15, -0.1) is 0 Å². The molecule has 45 heavy (non-hydrogen) atoms. The molecule has 0 radical (unpaired) electrons. The van der Waals surface area contributed by atoms with Gasteiger partial charge >= 0.3 is 11.9 Å². The number of para-hydroxylation sites is 1. The van der Waals surface area contributed by atoms with Crippen molar-refractivity contribution in [2.24, 2.45) is 4.99 Å². The van der Waals surface area contributed by atoms with Crippen molar-refractivity contribution in [1.82, 2.24) is 4.57 Å². The summed E-state index contributed by atoms with van der Waals surface area (Å²) in [6, 6.07) is 7.80. The third-order valence-electron chi connectivity index (χ3n) is 6.54. The molecule has 1 aliphatic rings. The van der Waals surface area contributed by atoms with E-state index in [1.165, 1.54) is 18.8 Å². The minimum atomic E-state index is -1.12. The van der Waals surface area contributed by atoms with E-state index in [2.05, 4.69) is 4.99 Å². The zero-order valence-electron chi connectivity index (χ0n) is 25.4. The third-order valence-corrected chi connectivity index (χ3v) is 8.33. The molecule has 4 rings (SSSR count). The van der Waals surface area contributed by atoms with Crippen LogP contribution < -0.4 is 33.8 Å².